The number of aliphatic carboxylic acids is 1. The van der Waals surface area contributed by atoms with Gasteiger partial charge >= 0.3 is 12.0 Å². The number of amides is 3. The van der Waals surface area contributed by atoms with Gasteiger partial charge in [0.2, 0.25) is 5.88 Å². The number of carboxylic acid groups (broad SMARTS) is 1. The number of hydrogen-bond donors (Lipinski definition) is 2. The first-order valence-electron chi connectivity index (χ1n) is 12.5. The van der Waals surface area contributed by atoms with E-state index in [-0.39, 0.29) is 36.1 Å². The number of aryl methyl sites for hydroxylation is 1. The number of pyridine rings is 1. The van der Waals surface area contributed by atoms with E-state index in [1.54, 1.807) is 17.0 Å². The number of carboxylic acids is 1. The molecule has 5 rings (SSSR count). The lowest BCUT2D eigenvalue weighted by Gasteiger charge is -2.44. The molecule has 196 valence electrons. The standard InChI is InChI=1S/C27H31FN4O5/c1-27(2)8-6-16-11-17(12-19(28)23(16)27)29-25(35)24-18-4-5-21(37-3)30-20(18)7-9-32(24)26(36)31-13-15(14-31)10-22(33)34/h4-5,11-12,15,24H,6-10,13-14H2,1-3H3,(H,29,35)(H,33,34). The molecule has 0 bridgehead atoms. The van der Waals surface area contributed by atoms with Crippen LogP contribution in [0.25, 0.3) is 0 Å². The largest absolute Gasteiger partial charge is 0.481 e. The van der Waals surface area contributed by atoms with Crippen LogP contribution in [-0.2, 0) is 27.8 Å². The van der Waals surface area contributed by atoms with E-state index in [4.69, 9.17) is 9.84 Å². The third-order valence-electron chi connectivity index (χ3n) is 7.71. The molecule has 10 heteroatoms. The number of anilines is 1. The van der Waals surface area contributed by atoms with Crippen LogP contribution >= 0.6 is 0 Å². The van der Waals surface area contributed by atoms with E-state index >= 15 is 4.39 Å². The number of fused-ring (bicyclic) bond motifs is 2. The van der Waals surface area contributed by atoms with E-state index in [9.17, 15) is 14.4 Å². The van der Waals surface area contributed by atoms with Gasteiger partial charge in [0, 0.05) is 49.3 Å². The van der Waals surface area contributed by atoms with Crippen molar-refractivity contribution >= 4 is 23.6 Å². The van der Waals surface area contributed by atoms with Crippen molar-refractivity contribution in [1.29, 1.82) is 0 Å². The highest BCUT2D eigenvalue weighted by Crippen LogP contribution is 2.41. The van der Waals surface area contributed by atoms with Crippen LogP contribution in [0.5, 0.6) is 5.88 Å². The van der Waals surface area contributed by atoms with Crippen LogP contribution in [0, 0.1) is 11.7 Å². The number of rotatable bonds is 5. The maximum Gasteiger partial charge on any atom is 0.320 e. The minimum absolute atomic E-state index is 0.000934. The van der Waals surface area contributed by atoms with Crippen LogP contribution in [0.1, 0.15) is 55.1 Å². The molecule has 1 saturated heterocycles. The van der Waals surface area contributed by atoms with Gasteiger partial charge in [0.1, 0.15) is 11.9 Å². The minimum Gasteiger partial charge on any atom is -0.481 e. The van der Waals surface area contributed by atoms with Crippen LogP contribution in [-0.4, -0.2) is 64.5 Å². The van der Waals surface area contributed by atoms with Crippen LogP contribution in [0.3, 0.4) is 0 Å². The maximum absolute atomic E-state index is 15.1. The van der Waals surface area contributed by atoms with E-state index in [2.05, 4.69) is 10.3 Å². The lowest BCUT2D eigenvalue weighted by Crippen LogP contribution is -2.58. The Balaban J connectivity index is 1.42. The highest BCUT2D eigenvalue weighted by atomic mass is 19.1. The molecule has 37 heavy (non-hydrogen) atoms. The Bertz CT molecular complexity index is 1270. The van der Waals surface area contributed by atoms with Crippen molar-refractivity contribution in [2.75, 3.05) is 32.1 Å². The molecule has 3 heterocycles. The van der Waals surface area contributed by atoms with E-state index in [0.717, 1.165) is 18.4 Å². The fourth-order valence-corrected chi connectivity index (χ4v) is 5.82. The Morgan fingerprint density at radius 2 is 1.97 bits per heavy atom. The molecule has 0 spiro atoms. The molecular weight excluding hydrogens is 479 g/mol. The summed E-state index contributed by atoms with van der Waals surface area (Å²) in [6, 6.07) is 5.25. The quantitative estimate of drug-likeness (QED) is 0.637. The summed E-state index contributed by atoms with van der Waals surface area (Å²) in [6.45, 7) is 4.95. The predicted molar refractivity (Wildman–Crippen MR) is 133 cm³/mol. The highest BCUT2D eigenvalue weighted by Gasteiger charge is 2.42. The summed E-state index contributed by atoms with van der Waals surface area (Å²) in [6.07, 6.45) is 2.01. The highest BCUT2D eigenvalue weighted by molar-refractivity contribution is 5.98. The lowest BCUT2D eigenvalue weighted by atomic mass is 9.86. The summed E-state index contributed by atoms with van der Waals surface area (Å²) in [5.74, 6) is -1.38. The van der Waals surface area contributed by atoms with Crippen molar-refractivity contribution in [3.8, 4) is 5.88 Å². The number of urea groups is 1. The van der Waals surface area contributed by atoms with Crippen molar-refractivity contribution in [3.05, 3.63) is 52.5 Å². The molecule has 3 aliphatic rings. The first-order valence-corrected chi connectivity index (χ1v) is 12.5. The second-order valence-corrected chi connectivity index (χ2v) is 10.8. The number of likely N-dealkylation sites (tertiary alicyclic amines) is 1. The van der Waals surface area contributed by atoms with Gasteiger partial charge in [0.25, 0.3) is 5.91 Å². The Morgan fingerprint density at radius 1 is 1.22 bits per heavy atom. The van der Waals surface area contributed by atoms with Crippen molar-refractivity contribution in [2.45, 2.75) is 51.0 Å². The SMILES string of the molecule is COc1ccc2c(n1)CCN(C(=O)N1CC(CC(=O)O)C1)C2C(=O)Nc1cc(F)c2c(c1)CCC2(C)C. The summed E-state index contributed by atoms with van der Waals surface area (Å²) in [4.78, 5) is 45.7. The molecule has 1 unspecified atom stereocenters. The van der Waals surface area contributed by atoms with Crippen LogP contribution in [0.15, 0.2) is 24.3 Å². The first-order chi connectivity index (χ1) is 17.6. The molecule has 1 aromatic carbocycles. The van der Waals surface area contributed by atoms with Crippen molar-refractivity contribution in [3.63, 3.8) is 0 Å². The Labute approximate surface area is 214 Å². The number of ether oxygens (including phenoxy) is 1. The van der Waals surface area contributed by atoms with Crippen molar-refractivity contribution in [2.24, 2.45) is 5.92 Å². The number of nitrogens with zero attached hydrogens (tertiary/aromatic N) is 3. The van der Waals surface area contributed by atoms with Gasteiger partial charge in [-0.3, -0.25) is 9.59 Å². The van der Waals surface area contributed by atoms with Gasteiger partial charge in [-0.05, 0) is 47.6 Å². The number of carbonyl (C=O) groups excluding carboxylic acids is 2. The zero-order valence-corrected chi connectivity index (χ0v) is 21.2. The predicted octanol–water partition coefficient (Wildman–Crippen LogP) is 3.52. The second kappa shape index (κ2) is 9.32. The van der Waals surface area contributed by atoms with Gasteiger partial charge in [-0.25, -0.2) is 14.2 Å². The molecule has 0 radical (unpaired) electrons. The molecule has 3 amide bonds. The average Bonchev–Trinajstić information content (AvgIpc) is 3.13. The lowest BCUT2D eigenvalue weighted by molar-refractivity contribution is -0.139. The van der Waals surface area contributed by atoms with E-state index in [1.165, 1.54) is 18.1 Å². The fourth-order valence-electron chi connectivity index (χ4n) is 5.82. The number of hydrogen-bond acceptors (Lipinski definition) is 5. The molecule has 0 saturated carbocycles. The van der Waals surface area contributed by atoms with Crippen molar-refractivity contribution < 1.29 is 28.6 Å². The molecule has 2 aromatic rings. The number of aromatic nitrogens is 1. The molecular formula is C27H31FN4O5. The van der Waals surface area contributed by atoms with E-state index < -0.39 is 17.9 Å². The molecule has 2 aliphatic heterocycles. The van der Waals surface area contributed by atoms with Crippen LogP contribution < -0.4 is 10.1 Å². The molecule has 1 fully saturated rings. The van der Waals surface area contributed by atoms with E-state index in [1.807, 2.05) is 19.9 Å². The smallest absolute Gasteiger partial charge is 0.320 e. The van der Waals surface area contributed by atoms with Gasteiger partial charge < -0.3 is 25.0 Å². The van der Waals surface area contributed by atoms with Gasteiger partial charge in [0.15, 0.2) is 0 Å². The zero-order chi connectivity index (χ0) is 26.5. The number of halogens is 1. The molecule has 9 nitrogen and oxygen atoms in total. The Hall–Kier alpha value is -3.69. The van der Waals surface area contributed by atoms with Crippen LogP contribution in [0.4, 0.5) is 14.9 Å². The summed E-state index contributed by atoms with van der Waals surface area (Å²) in [5, 5.41) is 11.9. The Morgan fingerprint density at radius 3 is 2.68 bits per heavy atom. The van der Waals surface area contributed by atoms with Gasteiger partial charge in [-0.1, -0.05) is 13.8 Å². The second-order valence-electron chi connectivity index (χ2n) is 10.8. The normalized spacial score (nSPS) is 20.1. The molecule has 1 atom stereocenters. The monoisotopic (exact) mass is 510 g/mol. The average molecular weight is 511 g/mol. The summed E-state index contributed by atoms with van der Waals surface area (Å²) in [7, 11) is 1.51. The van der Waals surface area contributed by atoms with E-state index in [0.29, 0.717) is 47.9 Å². The summed E-state index contributed by atoms with van der Waals surface area (Å²) in [5.41, 5.74) is 2.92. The minimum atomic E-state index is -0.971. The number of nitrogens with one attached hydrogen (secondary N) is 1. The summed E-state index contributed by atoms with van der Waals surface area (Å²) < 4.78 is 20.3. The van der Waals surface area contributed by atoms with Gasteiger partial charge in [-0.2, -0.15) is 0 Å². The Kier molecular flexibility index (Phi) is 6.29. The molecule has 1 aliphatic carbocycles. The van der Waals surface area contributed by atoms with Crippen molar-refractivity contribution in [1.82, 2.24) is 14.8 Å². The fraction of sp³-hybridized carbons (Fsp3) is 0.481. The third kappa shape index (κ3) is 4.60. The van der Waals surface area contributed by atoms with Gasteiger partial charge in [0.05, 0.1) is 19.2 Å². The maximum atomic E-state index is 15.1. The summed E-state index contributed by atoms with van der Waals surface area (Å²) >= 11 is 0. The third-order valence-corrected chi connectivity index (χ3v) is 7.71. The molecule has 1 aromatic heterocycles. The van der Waals surface area contributed by atoms with Gasteiger partial charge in [-0.15, -0.1) is 0 Å². The van der Waals surface area contributed by atoms with Crippen LogP contribution in [0.2, 0.25) is 0 Å². The zero-order valence-electron chi connectivity index (χ0n) is 21.2. The number of benzene rings is 1. The number of carbonyl (C=O) groups is 3. The number of methoxy groups -OCH3 is 1. The first kappa shape index (κ1) is 25.0. The molecule has 2 N–H and O–H groups in total. The topological polar surface area (TPSA) is 112 Å².